The highest BCUT2D eigenvalue weighted by Crippen LogP contribution is 2.13. The molecule has 1 aromatic carbocycles. The third-order valence-electron chi connectivity index (χ3n) is 2.79. The molecule has 1 aliphatic heterocycles. The number of hydrogen-bond donors (Lipinski definition) is 1. The number of para-hydroxylation sites is 1. The lowest BCUT2D eigenvalue weighted by atomic mass is 10.0. The molecular weight excluding hydrogens is 188 g/mol. The first-order valence-electron chi connectivity index (χ1n) is 5.49. The zero-order valence-corrected chi connectivity index (χ0v) is 8.93. The predicted octanol–water partition coefficient (Wildman–Crippen LogP) is 0.956. The van der Waals surface area contributed by atoms with Gasteiger partial charge in [-0.15, -0.1) is 0 Å². The first-order chi connectivity index (χ1) is 7.38. The second kappa shape index (κ2) is 5.14. The van der Waals surface area contributed by atoms with E-state index in [-0.39, 0.29) is 0 Å². The zero-order valence-electron chi connectivity index (χ0n) is 8.93. The van der Waals surface area contributed by atoms with Crippen LogP contribution < -0.4 is 10.5 Å². The van der Waals surface area contributed by atoms with Crippen LogP contribution in [-0.4, -0.2) is 37.7 Å². The van der Waals surface area contributed by atoms with Crippen molar-refractivity contribution >= 4 is 0 Å². The maximum absolute atomic E-state index is 5.61. The first-order valence-corrected chi connectivity index (χ1v) is 5.49. The van der Waals surface area contributed by atoms with E-state index >= 15 is 0 Å². The number of likely N-dealkylation sites (tertiary alicyclic amines) is 1. The predicted molar refractivity (Wildman–Crippen MR) is 60.9 cm³/mol. The second-order valence-electron chi connectivity index (χ2n) is 4.02. The van der Waals surface area contributed by atoms with Crippen molar-refractivity contribution in [3.8, 4) is 5.75 Å². The Bertz CT molecular complexity index is 283. The van der Waals surface area contributed by atoms with E-state index in [9.17, 15) is 0 Å². The molecule has 1 heterocycles. The summed E-state index contributed by atoms with van der Waals surface area (Å²) in [6.07, 6.45) is 0. The van der Waals surface area contributed by atoms with Crippen molar-refractivity contribution in [2.75, 3.05) is 32.8 Å². The summed E-state index contributed by atoms with van der Waals surface area (Å²) in [5.74, 6) is 1.66. The van der Waals surface area contributed by atoms with Crippen LogP contribution in [0.1, 0.15) is 0 Å². The van der Waals surface area contributed by atoms with E-state index in [1.54, 1.807) is 0 Å². The number of nitrogens with zero attached hydrogens (tertiary/aromatic N) is 1. The monoisotopic (exact) mass is 206 g/mol. The van der Waals surface area contributed by atoms with Crippen LogP contribution in [0, 0.1) is 5.92 Å². The quantitative estimate of drug-likeness (QED) is 0.779. The highest BCUT2D eigenvalue weighted by Gasteiger charge is 2.24. The fourth-order valence-corrected chi connectivity index (χ4v) is 1.82. The van der Waals surface area contributed by atoms with Crippen molar-refractivity contribution in [1.82, 2.24) is 4.90 Å². The molecule has 0 atom stereocenters. The number of ether oxygens (including phenoxy) is 1. The molecule has 0 radical (unpaired) electrons. The number of rotatable bonds is 5. The van der Waals surface area contributed by atoms with Crippen LogP contribution >= 0.6 is 0 Å². The molecule has 2 rings (SSSR count). The van der Waals surface area contributed by atoms with E-state index in [0.717, 1.165) is 38.5 Å². The number of hydrogen-bond acceptors (Lipinski definition) is 3. The van der Waals surface area contributed by atoms with Crippen LogP contribution in [0.25, 0.3) is 0 Å². The molecule has 1 fully saturated rings. The Balaban J connectivity index is 1.60. The lowest BCUT2D eigenvalue weighted by Gasteiger charge is -2.38. The molecule has 0 amide bonds. The van der Waals surface area contributed by atoms with E-state index in [2.05, 4.69) is 4.90 Å². The average Bonchev–Trinajstić information content (AvgIpc) is 2.23. The molecule has 0 aromatic heterocycles. The van der Waals surface area contributed by atoms with Gasteiger partial charge in [0, 0.05) is 19.6 Å². The molecule has 3 nitrogen and oxygen atoms in total. The Kier molecular flexibility index (Phi) is 3.59. The fraction of sp³-hybridized carbons (Fsp3) is 0.500. The Morgan fingerprint density at radius 1 is 1.27 bits per heavy atom. The Morgan fingerprint density at radius 3 is 2.67 bits per heavy atom. The van der Waals surface area contributed by atoms with E-state index in [0.29, 0.717) is 5.92 Å². The Labute approximate surface area is 90.8 Å². The van der Waals surface area contributed by atoms with Gasteiger partial charge in [-0.3, -0.25) is 4.90 Å². The molecule has 2 N–H and O–H groups in total. The summed E-state index contributed by atoms with van der Waals surface area (Å²) in [4.78, 5) is 2.38. The van der Waals surface area contributed by atoms with E-state index in [1.165, 1.54) is 0 Å². The summed E-state index contributed by atoms with van der Waals surface area (Å²) in [5, 5.41) is 0. The van der Waals surface area contributed by atoms with Gasteiger partial charge in [0.15, 0.2) is 0 Å². The average molecular weight is 206 g/mol. The minimum Gasteiger partial charge on any atom is -0.492 e. The third-order valence-corrected chi connectivity index (χ3v) is 2.79. The van der Waals surface area contributed by atoms with E-state index in [1.807, 2.05) is 30.3 Å². The third kappa shape index (κ3) is 2.94. The molecule has 1 saturated heterocycles. The fourth-order valence-electron chi connectivity index (χ4n) is 1.82. The molecular formula is C12H18N2O. The lowest BCUT2D eigenvalue weighted by Crippen LogP contribution is -2.50. The highest BCUT2D eigenvalue weighted by molar-refractivity contribution is 5.20. The number of nitrogens with two attached hydrogens (primary N) is 1. The highest BCUT2D eigenvalue weighted by atomic mass is 16.5. The summed E-state index contributed by atoms with van der Waals surface area (Å²) >= 11 is 0. The summed E-state index contributed by atoms with van der Waals surface area (Å²) < 4.78 is 5.61. The molecule has 1 aliphatic rings. The minimum absolute atomic E-state index is 0.710. The van der Waals surface area contributed by atoms with E-state index < -0.39 is 0 Å². The second-order valence-corrected chi connectivity index (χ2v) is 4.02. The smallest absolute Gasteiger partial charge is 0.119 e. The van der Waals surface area contributed by atoms with E-state index in [4.69, 9.17) is 10.5 Å². The summed E-state index contributed by atoms with van der Waals surface area (Å²) in [7, 11) is 0. The summed E-state index contributed by atoms with van der Waals surface area (Å²) in [6.45, 7) is 4.85. The molecule has 15 heavy (non-hydrogen) atoms. The zero-order chi connectivity index (χ0) is 10.5. The van der Waals surface area contributed by atoms with Crippen molar-refractivity contribution in [3.05, 3.63) is 30.3 Å². The molecule has 0 spiro atoms. The van der Waals surface area contributed by atoms with Gasteiger partial charge >= 0.3 is 0 Å². The molecule has 1 aromatic rings. The molecule has 82 valence electrons. The number of benzene rings is 1. The maximum atomic E-state index is 5.61. The normalized spacial score (nSPS) is 17.4. The van der Waals surface area contributed by atoms with Crippen molar-refractivity contribution in [3.63, 3.8) is 0 Å². The summed E-state index contributed by atoms with van der Waals surface area (Å²) in [5.41, 5.74) is 5.56. The maximum Gasteiger partial charge on any atom is 0.119 e. The summed E-state index contributed by atoms with van der Waals surface area (Å²) in [6, 6.07) is 9.94. The van der Waals surface area contributed by atoms with Gasteiger partial charge in [0.05, 0.1) is 0 Å². The first kappa shape index (κ1) is 10.5. The van der Waals surface area contributed by atoms with Gasteiger partial charge in [-0.1, -0.05) is 18.2 Å². The largest absolute Gasteiger partial charge is 0.492 e. The van der Waals surface area contributed by atoms with Gasteiger partial charge in [0.2, 0.25) is 0 Å². The topological polar surface area (TPSA) is 38.5 Å². The molecule has 0 aliphatic carbocycles. The Hall–Kier alpha value is -1.06. The molecule has 0 saturated carbocycles. The van der Waals surface area contributed by atoms with Crippen molar-refractivity contribution in [1.29, 1.82) is 0 Å². The molecule has 0 unspecified atom stereocenters. The Morgan fingerprint density at radius 2 is 2.00 bits per heavy atom. The van der Waals surface area contributed by atoms with Gasteiger partial charge in [0.25, 0.3) is 0 Å². The van der Waals surface area contributed by atoms with Crippen LogP contribution in [0.4, 0.5) is 0 Å². The van der Waals surface area contributed by atoms with Crippen molar-refractivity contribution < 1.29 is 4.74 Å². The standard InChI is InChI=1S/C12H18N2O/c13-8-11-9-14(10-11)6-7-15-12-4-2-1-3-5-12/h1-5,11H,6-10,13H2. The van der Waals surface area contributed by atoms with Gasteiger partial charge in [-0.2, -0.15) is 0 Å². The van der Waals surface area contributed by atoms with Crippen LogP contribution in [-0.2, 0) is 0 Å². The van der Waals surface area contributed by atoms with Gasteiger partial charge in [-0.25, -0.2) is 0 Å². The van der Waals surface area contributed by atoms with Crippen LogP contribution in [0.5, 0.6) is 5.75 Å². The van der Waals surface area contributed by atoms with Crippen LogP contribution in [0.2, 0.25) is 0 Å². The van der Waals surface area contributed by atoms with Gasteiger partial charge in [-0.05, 0) is 24.6 Å². The van der Waals surface area contributed by atoms with Crippen LogP contribution in [0.3, 0.4) is 0 Å². The van der Waals surface area contributed by atoms with Crippen molar-refractivity contribution in [2.45, 2.75) is 0 Å². The molecule has 3 heteroatoms. The van der Waals surface area contributed by atoms with Gasteiger partial charge in [0.1, 0.15) is 12.4 Å². The van der Waals surface area contributed by atoms with Crippen LogP contribution in [0.15, 0.2) is 30.3 Å². The minimum atomic E-state index is 0.710. The molecule has 0 bridgehead atoms. The van der Waals surface area contributed by atoms with Crippen molar-refractivity contribution in [2.24, 2.45) is 11.7 Å². The SMILES string of the molecule is NCC1CN(CCOc2ccccc2)C1. The van der Waals surface area contributed by atoms with Gasteiger partial charge < -0.3 is 10.5 Å². The lowest BCUT2D eigenvalue weighted by molar-refractivity contribution is 0.0875.